The number of aliphatic hydroxyl groups is 3. The van der Waals surface area contributed by atoms with Gasteiger partial charge in [0, 0.05) is 12.2 Å². The van der Waals surface area contributed by atoms with Gasteiger partial charge in [-0.15, -0.1) is 5.10 Å². The van der Waals surface area contributed by atoms with Crippen molar-refractivity contribution in [2.75, 3.05) is 5.75 Å². The molecule has 0 fully saturated rings. The van der Waals surface area contributed by atoms with Crippen LogP contribution in [0.4, 0.5) is 0 Å². The molecule has 0 radical (unpaired) electrons. The van der Waals surface area contributed by atoms with Crippen LogP contribution in [0.15, 0.2) is 53.7 Å². The first kappa shape index (κ1) is 19.3. The molecule has 8 nitrogen and oxygen atoms in total. The molecule has 3 aromatic rings. The summed E-state index contributed by atoms with van der Waals surface area (Å²) in [5.41, 5.74) is 2.15. The van der Waals surface area contributed by atoms with Gasteiger partial charge in [-0.05, 0) is 45.8 Å². The third-order valence-electron chi connectivity index (χ3n) is 3.98. The molecule has 9 heteroatoms. The molecule has 2 unspecified atom stereocenters. The maximum atomic E-state index is 10.3. The van der Waals surface area contributed by atoms with Gasteiger partial charge in [-0.1, -0.05) is 36.0 Å². The number of hydrogen-bond donors (Lipinski definition) is 4. The molecule has 0 saturated heterocycles. The molecule has 27 heavy (non-hydrogen) atoms. The Bertz CT molecular complexity index is 855. The van der Waals surface area contributed by atoms with Crippen LogP contribution in [0.3, 0.4) is 0 Å². The van der Waals surface area contributed by atoms with E-state index in [2.05, 4.69) is 15.5 Å². The third kappa shape index (κ3) is 5.04. The van der Waals surface area contributed by atoms with Crippen molar-refractivity contribution in [1.29, 1.82) is 0 Å². The van der Waals surface area contributed by atoms with Gasteiger partial charge < -0.3 is 20.4 Å². The number of aromatic nitrogens is 4. The summed E-state index contributed by atoms with van der Waals surface area (Å²) in [4.78, 5) is 0. The van der Waals surface area contributed by atoms with E-state index in [4.69, 9.17) is 5.11 Å². The Morgan fingerprint density at radius 3 is 2.37 bits per heavy atom. The third-order valence-corrected chi connectivity index (χ3v) is 5.05. The van der Waals surface area contributed by atoms with Gasteiger partial charge in [0.2, 0.25) is 5.16 Å². The predicted octanol–water partition coefficient (Wildman–Crippen LogP) is 1.44. The van der Waals surface area contributed by atoms with Crippen molar-refractivity contribution in [2.45, 2.75) is 30.4 Å². The number of aromatic hydroxyl groups is 1. The van der Waals surface area contributed by atoms with Crippen LogP contribution in [0.1, 0.15) is 23.7 Å². The Morgan fingerprint density at radius 2 is 1.70 bits per heavy atom. The number of nitrogens with zero attached hydrogens (tertiary/aromatic N) is 4. The fourth-order valence-electron chi connectivity index (χ4n) is 2.50. The van der Waals surface area contributed by atoms with Gasteiger partial charge in [0.05, 0.1) is 24.5 Å². The number of hydrogen-bond acceptors (Lipinski definition) is 8. The highest BCUT2D eigenvalue weighted by Crippen LogP contribution is 2.24. The van der Waals surface area contributed by atoms with E-state index < -0.39 is 12.2 Å². The van der Waals surface area contributed by atoms with Gasteiger partial charge in [-0.2, -0.15) is 4.68 Å². The van der Waals surface area contributed by atoms with Gasteiger partial charge in [-0.3, -0.25) is 0 Å². The molecule has 0 bridgehead atoms. The van der Waals surface area contributed by atoms with E-state index in [-0.39, 0.29) is 18.8 Å². The van der Waals surface area contributed by atoms with Crippen molar-refractivity contribution in [3.63, 3.8) is 0 Å². The van der Waals surface area contributed by atoms with E-state index in [0.29, 0.717) is 22.2 Å². The highest BCUT2D eigenvalue weighted by Gasteiger charge is 2.17. The maximum Gasteiger partial charge on any atom is 0.214 e. The second kappa shape index (κ2) is 8.96. The zero-order valence-corrected chi connectivity index (χ0v) is 15.2. The molecule has 0 saturated carbocycles. The average Bonchev–Trinajstić information content (AvgIpc) is 3.15. The Morgan fingerprint density at radius 1 is 1.00 bits per heavy atom. The standard InChI is InChI=1S/C18H20N4O4S/c23-10-12-1-3-13(4-2-12)17(26)9-16(25)11-27-18-19-20-21-22(18)14-5-7-15(24)8-6-14/h1-8,16-17,23-26H,9-11H2. The lowest BCUT2D eigenvalue weighted by atomic mass is 10.0. The smallest absolute Gasteiger partial charge is 0.214 e. The van der Waals surface area contributed by atoms with E-state index in [0.717, 1.165) is 5.56 Å². The number of tetrazole rings is 1. The van der Waals surface area contributed by atoms with Crippen LogP contribution in [-0.2, 0) is 6.61 Å². The zero-order valence-electron chi connectivity index (χ0n) is 14.4. The van der Waals surface area contributed by atoms with Crippen molar-refractivity contribution >= 4 is 11.8 Å². The molecular weight excluding hydrogens is 368 g/mol. The lowest BCUT2D eigenvalue weighted by molar-refractivity contribution is 0.0930. The average molecular weight is 388 g/mol. The second-order valence-electron chi connectivity index (χ2n) is 6.01. The number of thioether (sulfide) groups is 1. The van der Waals surface area contributed by atoms with Gasteiger partial charge in [-0.25, -0.2) is 0 Å². The molecule has 4 N–H and O–H groups in total. The van der Waals surface area contributed by atoms with Crippen molar-refractivity contribution in [3.05, 3.63) is 59.7 Å². The van der Waals surface area contributed by atoms with Crippen molar-refractivity contribution < 1.29 is 20.4 Å². The van der Waals surface area contributed by atoms with Crippen LogP contribution in [0.5, 0.6) is 5.75 Å². The number of phenols is 1. The first-order chi connectivity index (χ1) is 13.1. The fraction of sp³-hybridized carbons (Fsp3) is 0.278. The summed E-state index contributed by atoms with van der Waals surface area (Å²) < 4.78 is 1.51. The molecule has 1 aromatic heterocycles. The summed E-state index contributed by atoms with van der Waals surface area (Å²) in [6, 6.07) is 13.4. The van der Waals surface area contributed by atoms with Crippen LogP contribution in [0.25, 0.3) is 5.69 Å². The minimum atomic E-state index is -0.804. The maximum absolute atomic E-state index is 10.3. The van der Waals surface area contributed by atoms with Crippen molar-refractivity contribution in [1.82, 2.24) is 20.2 Å². The summed E-state index contributed by atoms with van der Waals surface area (Å²) in [5.74, 6) is 0.460. The molecule has 2 aromatic carbocycles. The summed E-state index contributed by atoms with van der Waals surface area (Å²) in [6.07, 6.45) is -1.39. The van der Waals surface area contributed by atoms with Gasteiger partial charge in [0.15, 0.2) is 0 Å². The number of benzene rings is 2. The molecule has 0 amide bonds. The highest BCUT2D eigenvalue weighted by atomic mass is 32.2. The normalized spacial score (nSPS) is 13.4. The number of aliphatic hydroxyl groups excluding tert-OH is 3. The Balaban J connectivity index is 1.57. The monoisotopic (exact) mass is 388 g/mol. The lowest BCUT2D eigenvalue weighted by Gasteiger charge is -2.16. The highest BCUT2D eigenvalue weighted by molar-refractivity contribution is 7.99. The molecule has 3 rings (SSSR count). The molecule has 0 aliphatic carbocycles. The van der Waals surface area contributed by atoms with E-state index in [1.54, 1.807) is 48.5 Å². The molecule has 0 spiro atoms. The first-order valence-corrected chi connectivity index (χ1v) is 9.32. The number of phenolic OH excluding ortho intramolecular Hbond substituents is 1. The minimum absolute atomic E-state index is 0.0502. The molecular formula is C18H20N4O4S. The predicted molar refractivity (Wildman–Crippen MR) is 99.5 cm³/mol. The molecule has 0 aliphatic rings. The summed E-state index contributed by atoms with van der Waals surface area (Å²) in [5, 5.41) is 51.0. The van der Waals surface area contributed by atoms with E-state index in [1.165, 1.54) is 16.4 Å². The fourth-order valence-corrected chi connectivity index (χ4v) is 3.34. The summed E-state index contributed by atoms with van der Waals surface area (Å²) >= 11 is 1.27. The summed E-state index contributed by atoms with van der Waals surface area (Å²) in [7, 11) is 0. The zero-order chi connectivity index (χ0) is 19.2. The van der Waals surface area contributed by atoms with Crippen LogP contribution in [0.2, 0.25) is 0 Å². The van der Waals surface area contributed by atoms with Crippen LogP contribution >= 0.6 is 11.8 Å². The van der Waals surface area contributed by atoms with Crippen LogP contribution in [-0.4, -0.2) is 52.5 Å². The van der Waals surface area contributed by atoms with Gasteiger partial charge in [0.1, 0.15) is 5.75 Å². The van der Waals surface area contributed by atoms with Crippen LogP contribution < -0.4 is 0 Å². The molecule has 0 aliphatic heterocycles. The van der Waals surface area contributed by atoms with E-state index in [9.17, 15) is 15.3 Å². The quantitative estimate of drug-likeness (QED) is 0.427. The Kier molecular flexibility index (Phi) is 6.40. The topological polar surface area (TPSA) is 125 Å². The largest absolute Gasteiger partial charge is 0.508 e. The van der Waals surface area contributed by atoms with Gasteiger partial charge in [0.25, 0.3) is 0 Å². The summed E-state index contributed by atoms with van der Waals surface area (Å²) in [6.45, 7) is -0.0502. The van der Waals surface area contributed by atoms with Crippen molar-refractivity contribution in [3.8, 4) is 11.4 Å². The lowest BCUT2D eigenvalue weighted by Crippen LogP contribution is -2.15. The Hall–Kier alpha value is -2.46. The SMILES string of the molecule is OCc1ccc(C(O)CC(O)CSc2nnnn2-c2ccc(O)cc2)cc1. The van der Waals surface area contributed by atoms with E-state index in [1.807, 2.05) is 0 Å². The molecule has 1 heterocycles. The molecule has 142 valence electrons. The van der Waals surface area contributed by atoms with E-state index >= 15 is 0 Å². The second-order valence-corrected chi connectivity index (χ2v) is 6.99. The van der Waals surface area contributed by atoms with Crippen LogP contribution in [0, 0.1) is 0 Å². The van der Waals surface area contributed by atoms with Crippen molar-refractivity contribution in [2.24, 2.45) is 0 Å². The number of rotatable bonds is 8. The Labute approximate surface area is 160 Å². The van der Waals surface area contributed by atoms with Gasteiger partial charge >= 0.3 is 0 Å². The molecule has 2 atom stereocenters. The minimum Gasteiger partial charge on any atom is -0.508 e. The first-order valence-electron chi connectivity index (χ1n) is 8.33.